The van der Waals surface area contributed by atoms with Gasteiger partial charge in [0.05, 0.1) is 33.0 Å². The summed E-state index contributed by atoms with van der Waals surface area (Å²) in [5.41, 5.74) is 4.06. The minimum absolute atomic E-state index is 0.0516. The van der Waals surface area contributed by atoms with E-state index < -0.39 is 6.43 Å². The molecule has 0 aliphatic carbocycles. The lowest BCUT2D eigenvalue weighted by molar-refractivity contribution is 0.148. The summed E-state index contributed by atoms with van der Waals surface area (Å²) in [6.45, 7) is 5.76. The molecule has 33 heavy (non-hydrogen) atoms. The largest absolute Gasteiger partial charge is 0.359 e. The standard InChI is InChI=1S/C23H23ClF2N6S/c1-4-12(2)21-15(9-19(25)26)13(3)30-23(31-21)32-33-18-11-29-22-14(18)5-6-16(24)20(22)17-10-27-7-8-28-17/h5-8,10-12,19,29H,4,9H2,1-3H3,(H,30,31,32). The van der Waals surface area contributed by atoms with Gasteiger partial charge >= 0.3 is 0 Å². The van der Waals surface area contributed by atoms with Crippen LogP contribution in [0.5, 0.6) is 0 Å². The van der Waals surface area contributed by atoms with E-state index >= 15 is 0 Å². The van der Waals surface area contributed by atoms with Gasteiger partial charge in [-0.2, -0.15) is 0 Å². The van der Waals surface area contributed by atoms with Crippen molar-refractivity contribution in [2.24, 2.45) is 0 Å². The molecule has 0 aliphatic rings. The van der Waals surface area contributed by atoms with Gasteiger partial charge in [0.2, 0.25) is 12.4 Å². The van der Waals surface area contributed by atoms with Crippen LogP contribution in [0, 0.1) is 6.92 Å². The average molecular weight is 489 g/mol. The molecule has 0 bridgehead atoms. The third-order valence-corrected chi connectivity index (χ3v) is 6.68. The Morgan fingerprint density at radius 1 is 1.21 bits per heavy atom. The third-order valence-electron chi connectivity index (χ3n) is 5.52. The summed E-state index contributed by atoms with van der Waals surface area (Å²) in [4.78, 5) is 21.7. The zero-order chi connectivity index (χ0) is 23.5. The van der Waals surface area contributed by atoms with Crippen LogP contribution in [0.25, 0.3) is 22.2 Å². The molecule has 4 rings (SSSR count). The highest BCUT2D eigenvalue weighted by molar-refractivity contribution is 8.00. The number of hydrogen-bond donors (Lipinski definition) is 2. The van der Waals surface area contributed by atoms with Crippen LogP contribution in [0.2, 0.25) is 5.02 Å². The van der Waals surface area contributed by atoms with Crippen molar-refractivity contribution in [2.45, 2.75) is 50.9 Å². The number of aromatic amines is 1. The smallest absolute Gasteiger partial charge is 0.242 e. The van der Waals surface area contributed by atoms with Crippen LogP contribution in [-0.4, -0.2) is 31.3 Å². The van der Waals surface area contributed by atoms with E-state index in [-0.39, 0.29) is 12.3 Å². The van der Waals surface area contributed by atoms with E-state index in [1.165, 1.54) is 11.9 Å². The maximum atomic E-state index is 13.1. The van der Waals surface area contributed by atoms with Crippen LogP contribution in [0.3, 0.4) is 0 Å². The minimum atomic E-state index is -2.44. The number of aromatic nitrogens is 5. The van der Waals surface area contributed by atoms with Crippen LogP contribution in [-0.2, 0) is 6.42 Å². The molecule has 0 spiro atoms. The first-order valence-corrected chi connectivity index (χ1v) is 11.7. The highest BCUT2D eigenvalue weighted by Gasteiger charge is 2.20. The number of rotatable bonds is 8. The molecule has 3 aromatic heterocycles. The quantitative estimate of drug-likeness (QED) is 0.265. The number of nitrogens with one attached hydrogen (secondary N) is 2. The van der Waals surface area contributed by atoms with Crippen LogP contribution in [0.4, 0.5) is 14.7 Å². The minimum Gasteiger partial charge on any atom is -0.359 e. The summed E-state index contributed by atoms with van der Waals surface area (Å²) in [5, 5.41) is 1.52. The number of H-pyrrole nitrogens is 1. The molecule has 0 aliphatic heterocycles. The molecule has 172 valence electrons. The number of aryl methyl sites for hydroxylation is 1. The monoisotopic (exact) mass is 488 g/mol. The van der Waals surface area contributed by atoms with Gasteiger partial charge in [0, 0.05) is 47.2 Å². The van der Waals surface area contributed by atoms with Crippen molar-refractivity contribution in [3.05, 3.63) is 58.9 Å². The van der Waals surface area contributed by atoms with Gasteiger partial charge in [-0.3, -0.25) is 14.7 Å². The molecular formula is C23H23ClF2N6S. The van der Waals surface area contributed by atoms with Gasteiger partial charge in [-0.25, -0.2) is 18.7 Å². The van der Waals surface area contributed by atoms with Crippen molar-refractivity contribution in [1.29, 1.82) is 0 Å². The van der Waals surface area contributed by atoms with Crippen LogP contribution >= 0.6 is 23.5 Å². The van der Waals surface area contributed by atoms with Crippen molar-refractivity contribution in [3.8, 4) is 11.3 Å². The topological polar surface area (TPSA) is 79.4 Å². The molecule has 1 atom stereocenters. The molecule has 0 amide bonds. The SMILES string of the molecule is CCC(C)c1nc(NSc2c[nH]c3c(-c4cnccn4)c(Cl)ccc23)nc(C)c1CC(F)F. The zero-order valence-electron chi connectivity index (χ0n) is 18.4. The Labute approximate surface area is 199 Å². The summed E-state index contributed by atoms with van der Waals surface area (Å²) in [7, 11) is 0. The first-order valence-electron chi connectivity index (χ1n) is 10.5. The molecule has 0 radical (unpaired) electrons. The lowest BCUT2D eigenvalue weighted by atomic mass is 9.97. The summed E-state index contributed by atoms with van der Waals surface area (Å²) in [5.74, 6) is 0.444. The summed E-state index contributed by atoms with van der Waals surface area (Å²) in [6, 6.07) is 3.76. The molecule has 1 aromatic carbocycles. The second-order valence-electron chi connectivity index (χ2n) is 7.69. The molecule has 10 heteroatoms. The molecule has 0 saturated heterocycles. The fourth-order valence-electron chi connectivity index (χ4n) is 3.68. The Hall–Kier alpha value is -2.78. The first-order chi connectivity index (χ1) is 15.9. The zero-order valence-corrected chi connectivity index (χ0v) is 19.9. The fourth-order valence-corrected chi connectivity index (χ4v) is 4.63. The van der Waals surface area contributed by atoms with E-state index in [4.69, 9.17) is 11.6 Å². The first kappa shape index (κ1) is 23.4. The van der Waals surface area contributed by atoms with Crippen molar-refractivity contribution >= 4 is 40.4 Å². The Bertz CT molecular complexity index is 1270. The van der Waals surface area contributed by atoms with Gasteiger partial charge in [-0.05, 0) is 37.3 Å². The number of fused-ring (bicyclic) bond motifs is 1. The number of halogens is 3. The molecular weight excluding hydrogens is 466 g/mol. The van der Waals surface area contributed by atoms with E-state index in [0.29, 0.717) is 33.6 Å². The second kappa shape index (κ2) is 10.0. The van der Waals surface area contributed by atoms with Crippen LogP contribution in [0.15, 0.2) is 41.8 Å². The maximum Gasteiger partial charge on any atom is 0.242 e. The molecule has 1 unspecified atom stereocenters. The Kier molecular flexibility index (Phi) is 7.09. The van der Waals surface area contributed by atoms with E-state index in [0.717, 1.165) is 27.8 Å². The number of anilines is 1. The van der Waals surface area contributed by atoms with Crippen LogP contribution < -0.4 is 4.72 Å². The third kappa shape index (κ3) is 4.94. The number of alkyl halides is 2. The number of benzene rings is 1. The van der Waals surface area contributed by atoms with Gasteiger partial charge in [-0.1, -0.05) is 31.5 Å². The predicted octanol–water partition coefficient (Wildman–Crippen LogP) is 6.82. The van der Waals surface area contributed by atoms with Gasteiger partial charge < -0.3 is 4.98 Å². The number of nitrogens with zero attached hydrogens (tertiary/aromatic N) is 4. The van der Waals surface area contributed by atoms with Crippen molar-refractivity contribution in [3.63, 3.8) is 0 Å². The highest BCUT2D eigenvalue weighted by Crippen LogP contribution is 2.38. The van der Waals surface area contributed by atoms with Crippen molar-refractivity contribution in [1.82, 2.24) is 24.9 Å². The lowest BCUT2D eigenvalue weighted by Gasteiger charge is -2.17. The van der Waals surface area contributed by atoms with Gasteiger partial charge in [-0.15, -0.1) is 0 Å². The average Bonchev–Trinajstić information content (AvgIpc) is 3.21. The molecule has 3 heterocycles. The molecule has 0 saturated carbocycles. The Morgan fingerprint density at radius 2 is 2.03 bits per heavy atom. The number of hydrogen-bond acceptors (Lipinski definition) is 6. The van der Waals surface area contributed by atoms with E-state index in [2.05, 4.69) is 29.6 Å². The Morgan fingerprint density at radius 3 is 2.73 bits per heavy atom. The molecule has 2 N–H and O–H groups in total. The maximum absolute atomic E-state index is 13.1. The van der Waals surface area contributed by atoms with E-state index in [9.17, 15) is 8.78 Å². The molecule has 6 nitrogen and oxygen atoms in total. The molecule has 0 fully saturated rings. The summed E-state index contributed by atoms with van der Waals surface area (Å²) >= 11 is 7.81. The van der Waals surface area contributed by atoms with E-state index in [1.54, 1.807) is 25.5 Å². The fraction of sp³-hybridized carbons (Fsp3) is 0.304. The van der Waals surface area contributed by atoms with Crippen LogP contribution in [0.1, 0.15) is 43.1 Å². The summed E-state index contributed by atoms with van der Waals surface area (Å²) < 4.78 is 29.4. The lowest BCUT2D eigenvalue weighted by Crippen LogP contribution is -2.12. The second-order valence-corrected chi connectivity index (χ2v) is 8.95. The molecule has 4 aromatic rings. The van der Waals surface area contributed by atoms with Crippen molar-refractivity contribution in [2.75, 3.05) is 4.72 Å². The normalized spacial score (nSPS) is 12.5. The van der Waals surface area contributed by atoms with Gasteiger partial charge in [0.25, 0.3) is 0 Å². The van der Waals surface area contributed by atoms with Gasteiger partial charge in [0.15, 0.2) is 0 Å². The summed E-state index contributed by atoms with van der Waals surface area (Å²) in [6.07, 6.45) is 4.79. The Balaban J connectivity index is 1.65. The van der Waals surface area contributed by atoms with Gasteiger partial charge in [0.1, 0.15) is 0 Å². The van der Waals surface area contributed by atoms with Crippen molar-refractivity contribution < 1.29 is 8.78 Å². The predicted molar refractivity (Wildman–Crippen MR) is 129 cm³/mol. The van der Waals surface area contributed by atoms with E-state index in [1.807, 2.05) is 32.2 Å². The highest BCUT2D eigenvalue weighted by atomic mass is 35.5.